The van der Waals surface area contributed by atoms with Gasteiger partial charge < -0.3 is 24.2 Å². The molecule has 1 N–H and O–H groups in total. The van der Waals surface area contributed by atoms with Gasteiger partial charge in [0.15, 0.2) is 11.5 Å². The van der Waals surface area contributed by atoms with Crippen LogP contribution in [0.15, 0.2) is 42.0 Å². The normalized spacial score (nSPS) is 17.4. The van der Waals surface area contributed by atoms with Gasteiger partial charge in [0.25, 0.3) is 11.7 Å². The van der Waals surface area contributed by atoms with E-state index in [0.717, 1.165) is 18.4 Å². The second-order valence-electron chi connectivity index (χ2n) is 7.87. The van der Waals surface area contributed by atoms with Crippen LogP contribution in [-0.2, 0) is 9.59 Å². The molecule has 7 heteroatoms. The summed E-state index contributed by atoms with van der Waals surface area (Å²) >= 11 is 0. The molecule has 2 aromatic rings. The number of aryl methyl sites for hydroxylation is 1. The zero-order valence-corrected chi connectivity index (χ0v) is 19.8. The first-order valence-electron chi connectivity index (χ1n) is 11.1. The van der Waals surface area contributed by atoms with Crippen molar-refractivity contribution in [3.8, 4) is 17.2 Å². The molecular weight excluding hydrogens is 422 g/mol. The molecular formula is C26H31NO6. The third kappa shape index (κ3) is 4.67. The van der Waals surface area contributed by atoms with E-state index in [4.69, 9.17) is 14.2 Å². The van der Waals surface area contributed by atoms with Crippen LogP contribution in [0.4, 0.5) is 0 Å². The Kier molecular flexibility index (Phi) is 7.63. The second kappa shape index (κ2) is 10.4. The highest BCUT2D eigenvalue weighted by molar-refractivity contribution is 6.46. The summed E-state index contributed by atoms with van der Waals surface area (Å²) in [6.45, 7) is 6.71. The Morgan fingerprint density at radius 1 is 1.00 bits per heavy atom. The van der Waals surface area contributed by atoms with Crippen molar-refractivity contribution in [1.82, 2.24) is 4.90 Å². The Bertz CT molecular complexity index is 1070. The Labute approximate surface area is 194 Å². The van der Waals surface area contributed by atoms with Gasteiger partial charge in [0.2, 0.25) is 0 Å². The third-order valence-corrected chi connectivity index (χ3v) is 5.76. The molecule has 1 atom stereocenters. The third-order valence-electron chi connectivity index (χ3n) is 5.76. The summed E-state index contributed by atoms with van der Waals surface area (Å²) in [4.78, 5) is 27.6. The van der Waals surface area contributed by atoms with Crippen molar-refractivity contribution in [2.24, 2.45) is 0 Å². The molecule has 1 amide bonds. The Hall–Kier alpha value is -3.48. The summed E-state index contributed by atoms with van der Waals surface area (Å²) in [7, 11) is 3.07. The van der Waals surface area contributed by atoms with Crippen LogP contribution in [0.25, 0.3) is 5.76 Å². The minimum Gasteiger partial charge on any atom is -0.507 e. The van der Waals surface area contributed by atoms with E-state index < -0.39 is 17.7 Å². The number of ether oxygens (including phenoxy) is 3. The first-order valence-corrected chi connectivity index (χ1v) is 11.1. The van der Waals surface area contributed by atoms with Crippen molar-refractivity contribution in [2.45, 2.75) is 39.7 Å². The van der Waals surface area contributed by atoms with Crippen LogP contribution in [0.3, 0.4) is 0 Å². The van der Waals surface area contributed by atoms with Crippen molar-refractivity contribution in [2.75, 3.05) is 27.4 Å². The van der Waals surface area contributed by atoms with Crippen LogP contribution in [-0.4, -0.2) is 49.1 Å². The predicted octanol–water partition coefficient (Wildman–Crippen LogP) is 4.63. The highest BCUT2D eigenvalue weighted by Gasteiger charge is 2.46. The quantitative estimate of drug-likeness (QED) is 0.338. The molecule has 7 nitrogen and oxygen atoms in total. The molecule has 1 fully saturated rings. The minimum absolute atomic E-state index is 0.0619. The molecule has 0 aromatic heterocycles. The van der Waals surface area contributed by atoms with E-state index in [1.54, 1.807) is 43.5 Å². The van der Waals surface area contributed by atoms with Gasteiger partial charge in [0.05, 0.1) is 32.4 Å². The zero-order chi connectivity index (χ0) is 24.1. The van der Waals surface area contributed by atoms with Crippen LogP contribution < -0.4 is 14.2 Å². The van der Waals surface area contributed by atoms with Crippen molar-refractivity contribution in [1.29, 1.82) is 0 Å². The van der Waals surface area contributed by atoms with Gasteiger partial charge in [-0.1, -0.05) is 19.4 Å². The number of amides is 1. The van der Waals surface area contributed by atoms with Gasteiger partial charge in [-0.3, -0.25) is 9.59 Å². The largest absolute Gasteiger partial charge is 0.507 e. The number of aliphatic hydroxyl groups is 1. The number of nitrogens with zero attached hydrogens (tertiary/aromatic N) is 1. The molecule has 0 bridgehead atoms. The van der Waals surface area contributed by atoms with E-state index in [0.29, 0.717) is 41.5 Å². The van der Waals surface area contributed by atoms with E-state index in [9.17, 15) is 14.7 Å². The number of benzene rings is 2. The Morgan fingerprint density at radius 2 is 1.70 bits per heavy atom. The molecule has 176 valence electrons. The summed E-state index contributed by atoms with van der Waals surface area (Å²) in [6.07, 6.45) is 1.60. The first-order chi connectivity index (χ1) is 15.9. The van der Waals surface area contributed by atoms with Gasteiger partial charge in [0, 0.05) is 12.1 Å². The number of Topliss-reactive ketones (excluding diaryl/α,β-unsaturated/α-hetero) is 1. The molecule has 33 heavy (non-hydrogen) atoms. The topological polar surface area (TPSA) is 85.3 Å². The van der Waals surface area contributed by atoms with Gasteiger partial charge in [-0.05, 0) is 61.7 Å². The van der Waals surface area contributed by atoms with Crippen LogP contribution in [0.2, 0.25) is 0 Å². The van der Waals surface area contributed by atoms with Crippen molar-refractivity contribution in [3.63, 3.8) is 0 Å². The lowest BCUT2D eigenvalue weighted by Crippen LogP contribution is -2.30. The lowest BCUT2D eigenvalue weighted by Gasteiger charge is -2.26. The number of aliphatic hydroxyl groups excluding tert-OH is 1. The number of hydrogen-bond donors (Lipinski definition) is 1. The molecule has 2 aromatic carbocycles. The molecule has 1 unspecified atom stereocenters. The molecule has 0 saturated carbocycles. The maximum atomic E-state index is 13.1. The van der Waals surface area contributed by atoms with Crippen LogP contribution in [0, 0.1) is 6.92 Å². The molecule has 0 aliphatic carbocycles. The highest BCUT2D eigenvalue weighted by Crippen LogP contribution is 2.42. The number of likely N-dealkylation sites (tertiary alicyclic amines) is 1. The predicted molar refractivity (Wildman–Crippen MR) is 126 cm³/mol. The van der Waals surface area contributed by atoms with Crippen LogP contribution in [0.1, 0.15) is 49.4 Å². The fourth-order valence-electron chi connectivity index (χ4n) is 4.08. The number of carbonyl (C=O) groups excluding carboxylic acids is 2. The Balaban J connectivity index is 2.17. The summed E-state index contributed by atoms with van der Waals surface area (Å²) in [5.41, 5.74) is 2.00. The fraction of sp³-hybridized carbons (Fsp3) is 0.385. The standard InChI is InChI=1S/C26H31NO6/c1-6-8-13-27-23(17-9-12-20(31-4)21(15-17)32-5)22(25(29)26(27)30)24(28)18-10-11-19(33-7-2)16(3)14-18/h9-12,14-15,23,28H,6-8,13H2,1-5H3/b24-22-. The summed E-state index contributed by atoms with van der Waals surface area (Å²) in [5.74, 6) is 0.191. The van der Waals surface area contributed by atoms with Gasteiger partial charge in [-0.15, -0.1) is 0 Å². The number of unbranched alkanes of at least 4 members (excludes halogenated alkanes) is 1. The van der Waals surface area contributed by atoms with Crippen molar-refractivity contribution < 1.29 is 28.9 Å². The lowest BCUT2D eigenvalue weighted by molar-refractivity contribution is -0.139. The summed E-state index contributed by atoms with van der Waals surface area (Å²) < 4.78 is 16.3. The molecule has 1 heterocycles. The number of ketones is 1. The van der Waals surface area contributed by atoms with Gasteiger partial charge in [-0.25, -0.2) is 0 Å². The molecule has 1 saturated heterocycles. The number of methoxy groups -OCH3 is 2. The van der Waals surface area contributed by atoms with Gasteiger partial charge in [0.1, 0.15) is 11.5 Å². The SMILES string of the molecule is CCCCN1C(=O)C(=O)/C(=C(\O)c2ccc(OCC)c(C)c2)C1c1ccc(OC)c(OC)c1. The van der Waals surface area contributed by atoms with E-state index in [1.165, 1.54) is 12.0 Å². The van der Waals surface area contributed by atoms with E-state index >= 15 is 0 Å². The number of hydrogen-bond acceptors (Lipinski definition) is 6. The van der Waals surface area contributed by atoms with Crippen molar-refractivity contribution >= 4 is 17.4 Å². The smallest absolute Gasteiger partial charge is 0.295 e. The zero-order valence-electron chi connectivity index (χ0n) is 19.8. The maximum absolute atomic E-state index is 13.1. The average molecular weight is 454 g/mol. The highest BCUT2D eigenvalue weighted by atomic mass is 16.5. The molecule has 1 aliphatic heterocycles. The number of carbonyl (C=O) groups is 2. The van der Waals surface area contributed by atoms with E-state index in [2.05, 4.69) is 0 Å². The summed E-state index contributed by atoms with van der Waals surface area (Å²) in [6, 6.07) is 9.73. The van der Waals surface area contributed by atoms with Crippen molar-refractivity contribution in [3.05, 3.63) is 58.7 Å². The van der Waals surface area contributed by atoms with E-state index in [1.807, 2.05) is 20.8 Å². The molecule has 1 aliphatic rings. The van der Waals surface area contributed by atoms with E-state index in [-0.39, 0.29) is 11.3 Å². The van der Waals surface area contributed by atoms with Gasteiger partial charge in [-0.2, -0.15) is 0 Å². The van der Waals surface area contributed by atoms with Gasteiger partial charge >= 0.3 is 0 Å². The molecule has 3 rings (SSSR count). The monoisotopic (exact) mass is 453 g/mol. The van der Waals surface area contributed by atoms with Crippen LogP contribution >= 0.6 is 0 Å². The van der Waals surface area contributed by atoms with Crippen LogP contribution in [0.5, 0.6) is 17.2 Å². The molecule has 0 spiro atoms. The first kappa shape index (κ1) is 24.2. The molecule has 0 radical (unpaired) electrons. The summed E-state index contributed by atoms with van der Waals surface area (Å²) in [5, 5.41) is 11.2. The Morgan fingerprint density at radius 3 is 2.30 bits per heavy atom. The maximum Gasteiger partial charge on any atom is 0.295 e. The fourth-order valence-corrected chi connectivity index (χ4v) is 4.08. The number of rotatable bonds is 9. The second-order valence-corrected chi connectivity index (χ2v) is 7.87. The average Bonchev–Trinajstić information content (AvgIpc) is 3.07. The minimum atomic E-state index is -0.733. The lowest BCUT2D eigenvalue weighted by atomic mass is 9.94.